The van der Waals surface area contributed by atoms with Crippen LogP contribution in [0.5, 0.6) is 0 Å². The summed E-state index contributed by atoms with van der Waals surface area (Å²) in [5.74, 6) is -0.408. The molecule has 0 aliphatic heterocycles. The number of aromatic nitrogens is 1. The van der Waals surface area contributed by atoms with Crippen molar-refractivity contribution >= 4 is 0 Å². The summed E-state index contributed by atoms with van der Waals surface area (Å²) in [6, 6.07) is 1.26. The van der Waals surface area contributed by atoms with Crippen molar-refractivity contribution in [1.82, 2.24) is 10.3 Å². The standard InChI is InChI=1S/C13H19F3N2O/c1-2-4-18-12(3-5-19-9-13(15)16)10-6-11(14)8-17-7-10/h6-8,12-13,18H,2-5,9H2,1H3. The lowest BCUT2D eigenvalue weighted by Gasteiger charge is -2.18. The van der Waals surface area contributed by atoms with Crippen LogP contribution in [-0.4, -0.2) is 31.2 Å². The van der Waals surface area contributed by atoms with Gasteiger partial charge in [-0.2, -0.15) is 0 Å². The summed E-state index contributed by atoms with van der Waals surface area (Å²) < 4.78 is 41.9. The number of alkyl halides is 2. The van der Waals surface area contributed by atoms with Crippen LogP contribution in [0.1, 0.15) is 31.4 Å². The van der Waals surface area contributed by atoms with Gasteiger partial charge in [0.1, 0.15) is 12.4 Å². The summed E-state index contributed by atoms with van der Waals surface area (Å²) in [6.45, 7) is 2.40. The van der Waals surface area contributed by atoms with Gasteiger partial charge in [0.15, 0.2) is 0 Å². The lowest BCUT2D eigenvalue weighted by molar-refractivity contribution is 0.0143. The second-order valence-corrected chi connectivity index (χ2v) is 4.20. The monoisotopic (exact) mass is 276 g/mol. The zero-order chi connectivity index (χ0) is 14.1. The molecule has 1 N–H and O–H groups in total. The lowest BCUT2D eigenvalue weighted by atomic mass is 10.1. The highest BCUT2D eigenvalue weighted by atomic mass is 19.3. The van der Waals surface area contributed by atoms with Crippen molar-refractivity contribution in [3.05, 3.63) is 29.8 Å². The van der Waals surface area contributed by atoms with E-state index in [1.165, 1.54) is 6.07 Å². The van der Waals surface area contributed by atoms with Crippen LogP contribution < -0.4 is 5.32 Å². The fourth-order valence-electron chi connectivity index (χ4n) is 1.70. The van der Waals surface area contributed by atoms with Gasteiger partial charge in [-0.3, -0.25) is 4.98 Å². The fraction of sp³-hybridized carbons (Fsp3) is 0.615. The number of rotatable bonds is 9. The van der Waals surface area contributed by atoms with Crippen molar-refractivity contribution in [2.45, 2.75) is 32.2 Å². The van der Waals surface area contributed by atoms with Gasteiger partial charge in [-0.15, -0.1) is 0 Å². The number of ether oxygens (including phenoxy) is 1. The van der Waals surface area contributed by atoms with Gasteiger partial charge in [-0.05, 0) is 31.0 Å². The molecule has 6 heteroatoms. The molecule has 1 heterocycles. The molecular formula is C13H19F3N2O. The predicted molar refractivity (Wildman–Crippen MR) is 66.7 cm³/mol. The van der Waals surface area contributed by atoms with Crippen LogP contribution in [0.15, 0.2) is 18.5 Å². The minimum absolute atomic E-state index is 0.138. The van der Waals surface area contributed by atoms with Gasteiger partial charge >= 0.3 is 0 Å². The molecule has 0 aliphatic carbocycles. The Balaban J connectivity index is 2.51. The van der Waals surface area contributed by atoms with Crippen molar-refractivity contribution in [2.24, 2.45) is 0 Å². The highest BCUT2D eigenvalue weighted by Gasteiger charge is 2.12. The minimum Gasteiger partial charge on any atom is -0.375 e. The highest BCUT2D eigenvalue weighted by Crippen LogP contribution is 2.17. The molecule has 0 radical (unpaired) electrons. The van der Waals surface area contributed by atoms with Gasteiger partial charge < -0.3 is 10.1 Å². The molecule has 0 saturated carbocycles. The third-order valence-electron chi connectivity index (χ3n) is 2.56. The molecular weight excluding hydrogens is 257 g/mol. The first-order chi connectivity index (χ1) is 9.13. The normalized spacial score (nSPS) is 12.9. The van der Waals surface area contributed by atoms with E-state index in [-0.39, 0.29) is 12.6 Å². The smallest absolute Gasteiger partial charge is 0.261 e. The summed E-state index contributed by atoms with van der Waals surface area (Å²) in [4.78, 5) is 3.79. The van der Waals surface area contributed by atoms with Crippen LogP contribution in [0, 0.1) is 5.82 Å². The van der Waals surface area contributed by atoms with E-state index >= 15 is 0 Å². The SMILES string of the molecule is CCCNC(CCOCC(F)F)c1cncc(F)c1. The molecule has 1 rings (SSSR count). The average molecular weight is 276 g/mol. The van der Waals surface area contributed by atoms with Crippen molar-refractivity contribution < 1.29 is 17.9 Å². The summed E-state index contributed by atoms with van der Waals surface area (Å²) >= 11 is 0. The van der Waals surface area contributed by atoms with E-state index in [1.54, 1.807) is 6.20 Å². The average Bonchev–Trinajstić information content (AvgIpc) is 2.37. The maximum atomic E-state index is 13.1. The van der Waals surface area contributed by atoms with Gasteiger partial charge in [0.05, 0.1) is 6.20 Å². The van der Waals surface area contributed by atoms with Crippen LogP contribution in [-0.2, 0) is 4.74 Å². The molecule has 0 aliphatic rings. The third kappa shape index (κ3) is 6.54. The first-order valence-corrected chi connectivity index (χ1v) is 6.33. The Bertz CT molecular complexity index is 363. The highest BCUT2D eigenvalue weighted by molar-refractivity contribution is 5.15. The van der Waals surface area contributed by atoms with Crippen molar-refractivity contribution in [2.75, 3.05) is 19.8 Å². The number of hydrogen-bond acceptors (Lipinski definition) is 3. The molecule has 3 nitrogen and oxygen atoms in total. The van der Waals surface area contributed by atoms with E-state index in [1.807, 2.05) is 6.92 Å². The second kappa shape index (κ2) is 8.87. The summed E-state index contributed by atoms with van der Waals surface area (Å²) in [7, 11) is 0. The Labute approximate surface area is 111 Å². The summed E-state index contributed by atoms with van der Waals surface area (Å²) in [5.41, 5.74) is 0.703. The number of hydrogen-bond donors (Lipinski definition) is 1. The fourth-order valence-corrected chi connectivity index (χ4v) is 1.70. The van der Waals surface area contributed by atoms with Gasteiger partial charge in [0.2, 0.25) is 0 Å². The van der Waals surface area contributed by atoms with E-state index in [0.29, 0.717) is 12.0 Å². The van der Waals surface area contributed by atoms with Gasteiger partial charge in [0, 0.05) is 18.8 Å². The van der Waals surface area contributed by atoms with E-state index in [0.717, 1.165) is 19.2 Å². The molecule has 0 bridgehead atoms. The van der Waals surface area contributed by atoms with E-state index in [9.17, 15) is 13.2 Å². The molecule has 0 spiro atoms. The molecule has 1 aromatic heterocycles. The van der Waals surface area contributed by atoms with Gasteiger partial charge in [0.25, 0.3) is 6.43 Å². The first kappa shape index (κ1) is 15.9. The lowest BCUT2D eigenvalue weighted by Crippen LogP contribution is -2.24. The van der Waals surface area contributed by atoms with E-state index < -0.39 is 18.8 Å². The topological polar surface area (TPSA) is 34.1 Å². The zero-order valence-corrected chi connectivity index (χ0v) is 10.9. The predicted octanol–water partition coefficient (Wildman–Crippen LogP) is 2.93. The van der Waals surface area contributed by atoms with E-state index in [2.05, 4.69) is 10.3 Å². The minimum atomic E-state index is -2.46. The number of nitrogens with one attached hydrogen (secondary N) is 1. The van der Waals surface area contributed by atoms with Crippen LogP contribution in [0.4, 0.5) is 13.2 Å². The van der Waals surface area contributed by atoms with Crippen molar-refractivity contribution in [3.63, 3.8) is 0 Å². The Morgan fingerprint density at radius 1 is 1.37 bits per heavy atom. The molecule has 1 atom stereocenters. The molecule has 0 aromatic carbocycles. The molecule has 0 fully saturated rings. The Kier molecular flexibility index (Phi) is 7.43. The van der Waals surface area contributed by atoms with Crippen LogP contribution >= 0.6 is 0 Å². The summed E-state index contributed by atoms with van der Waals surface area (Å²) in [6.07, 6.45) is 1.67. The molecule has 19 heavy (non-hydrogen) atoms. The second-order valence-electron chi connectivity index (χ2n) is 4.20. The molecule has 0 amide bonds. The number of nitrogens with zero attached hydrogens (tertiary/aromatic N) is 1. The first-order valence-electron chi connectivity index (χ1n) is 6.33. The molecule has 108 valence electrons. The number of pyridine rings is 1. The molecule has 1 aromatic rings. The van der Waals surface area contributed by atoms with Crippen LogP contribution in [0.3, 0.4) is 0 Å². The zero-order valence-electron chi connectivity index (χ0n) is 10.9. The Morgan fingerprint density at radius 3 is 2.79 bits per heavy atom. The third-order valence-corrected chi connectivity index (χ3v) is 2.56. The number of halogens is 3. The maximum Gasteiger partial charge on any atom is 0.261 e. The molecule has 1 unspecified atom stereocenters. The van der Waals surface area contributed by atoms with Crippen LogP contribution in [0.2, 0.25) is 0 Å². The van der Waals surface area contributed by atoms with Gasteiger partial charge in [-0.25, -0.2) is 13.2 Å². The van der Waals surface area contributed by atoms with Crippen LogP contribution in [0.25, 0.3) is 0 Å². The quantitative estimate of drug-likeness (QED) is 0.704. The summed E-state index contributed by atoms with van der Waals surface area (Å²) in [5, 5.41) is 3.23. The Hall–Kier alpha value is -1.14. The van der Waals surface area contributed by atoms with Gasteiger partial charge in [-0.1, -0.05) is 6.92 Å². The Morgan fingerprint density at radius 2 is 2.16 bits per heavy atom. The molecule has 0 saturated heterocycles. The van der Waals surface area contributed by atoms with Crippen molar-refractivity contribution in [1.29, 1.82) is 0 Å². The van der Waals surface area contributed by atoms with E-state index in [4.69, 9.17) is 4.74 Å². The van der Waals surface area contributed by atoms with Crippen molar-refractivity contribution in [3.8, 4) is 0 Å². The maximum absolute atomic E-state index is 13.1. The largest absolute Gasteiger partial charge is 0.375 e.